The number of morpholine rings is 1. The number of pyridine rings is 1. The van der Waals surface area contributed by atoms with E-state index in [2.05, 4.69) is 21.9 Å². The Morgan fingerprint density at radius 2 is 1.97 bits per heavy atom. The molecule has 5 rings (SSSR count). The third kappa shape index (κ3) is 4.78. The Bertz CT molecular complexity index is 1330. The minimum Gasteiger partial charge on any atom is -0.370 e. The van der Waals surface area contributed by atoms with Crippen LogP contribution in [0, 0.1) is 5.92 Å². The minimum absolute atomic E-state index is 0.0587. The van der Waals surface area contributed by atoms with Crippen molar-refractivity contribution in [2.45, 2.75) is 13.0 Å². The molecule has 0 spiro atoms. The van der Waals surface area contributed by atoms with Crippen molar-refractivity contribution >= 4 is 40.2 Å². The molecule has 2 fully saturated rings. The predicted octanol–water partition coefficient (Wildman–Crippen LogP) is 1.93. The van der Waals surface area contributed by atoms with E-state index >= 15 is 0 Å². The van der Waals surface area contributed by atoms with Gasteiger partial charge in [-0.2, -0.15) is 4.98 Å². The summed E-state index contributed by atoms with van der Waals surface area (Å²) in [6.07, 6.45) is 3.79. The average molecular weight is 475 g/mol. The molecule has 0 unspecified atom stereocenters. The Kier molecular flexibility index (Phi) is 6.28. The highest BCUT2D eigenvalue weighted by Crippen LogP contribution is 2.23. The van der Waals surface area contributed by atoms with E-state index in [-0.39, 0.29) is 24.0 Å². The molecule has 10 nitrogen and oxygen atoms in total. The van der Waals surface area contributed by atoms with Crippen molar-refractivity contribution in [3.63, 3.8) is 0 Å². The lowest BCUT2D eigenvalue weighted by atomic mass is 9.96. The molecule has 2 amide bonds. The molecule has 35 heavy (non-hydrogen) atoms. The van der Waals surface area contributed by atoms with Crippen molar-refractivity contribution in [3.05, 3.63) is 65.6 Å². The van der Waals surface area contributed by atoms with Crippen LogP contribution >= 0.6 is 0 Å². The van der Waals surface area contributed by atoms with Crippen LogP contribution in [0.4, 0.5) is 17.3 Å². The minimum atomic E-state index is -0.125. The molecule has 0 atom stereocenters. The quantitative estimate of drug-likeness (QED) is 0.521. The van der Waals surface area contributed by atoms with Gasteiger partial charge in [-0.3, -0.25) is 19.0 Å². The molecule has 3 aromatic rings. The number of carbonyl (C=O) groups excluding carboxylic acids is 2. The molecule has 0 radical (unpaired) electrons. The number of fused-ring (bicyclic) bond motifs is 1. The summed E-state index contributed by atoms with van der Waals surface area (Å²) in [6, 6.07) is 10.7. The summed E-state index contributed by atoms with van der Waals surface area (Å²) in [5, 5.41) is 3.95. The first-order valence-corrected chi connectivity index (χ1v) is 11.5. The number of carbonyl (C=O) groups is 2. The van der Waals surface area contributed by atoms with Crippen LogP contribution in [-0.2, 0) is 20.9 Å². The molecule has 1 N–H and O–H groups in total. The van der Waals surface area contributed by atoms with Gasteiger partial charge in [0.1, 0.15) is 12.3 Å². The Morgan fingerprint density at radius 3 is 2.71 bits per heavy atom. The number of benzene rings is 1. The third-order valence-electron chi connectivity index (χ3n) is 6.35. The summed E-state index contributed by atoms with van der Waals surface area (Å²) in [5.74, 6) is 0.599. The van der Waals surface area contributed by atoms with Crippen LogP contribution in [0.3, 0.4) is 0 Å². The average Bonchev–Trinajstić information content (AvgIpc) is 2.85. The highest BCUT2D eigenvalue weighted by molar-refractivity contribution is 5.95. The van der Waals surface area contributed by atoms with E-state index < -0.39 is 0 Å². The largest absolute Gasteiger partial charge is 0.370 e. The first kappa shape index (κ1) is 22.7. The molecule has 2 aromatic heterocycles. The zero-order chi connectivity index (χ0) is 24.4. The number of nitrogens with zero attached hydrogens (tertiary/aromatic N) is 5. The number of likely N-dealkylation sites (tertiary alicyclic amines) is 1. The molecule has 0 saturated carbocycles. The lowest BCUT2D eigenvalue weighted by Gasteiger charge is -2.38. The van der Waals surface area contributed by atoms with Gasteiger partial charge in [-0.15, -0.1) is 0 Å². The first-order valence-electron chi connectivity index (χ1n) is 11.5. The lowest BCUT2D eigenvalue weighted by molar-refractivity contribution is -0.132. The van der Waals surface area contributed by atoms with E-state index in [4.69, 9.17) is 4.74 Å². The topological polar surface area (TPSA) is 110 Å². The number of hydrogen-bond acceptors (Lipinski definition) is 7. The molecular weight excluding hydrogens is 448 g/mol. The van der Waals surface area contributed by atoms with Gasteiger partial charge in [0.15, 0.2) is 0 Å². The highest BCUT2D eigenvalue weighted by Gasteiger charge is 2.29. The van der Waals surface area contributed by atoms with E-state index in [1.54, 1.807) is 26.6 Å². The smallest absolute Gasteiger partial charge is 0.253 e. The fraction of sp³-hybridized carbons (Fsp3) is 0.320. The van der Waals surface area contributed by atoms with Crippen LogP contribution in [0.15, 0.2) is 60.0 Å². The second-order valence-electron chi connectivity index (χ2n) is 8.67. The standard InChI is InChI=1S/C25H26N6O4/c1-2-21(32)29-14-17(15-29)9-10-31-22(33)8-3-18-13-26-25(28-24(18)31)27-19-4-6-20(7-5-19)30-11-12-35-16-23(30)34/h2-8,13,17H,1,9-12,14-16H2,(H,26,27,28). The molecule has 2 aliphatic rings. The highest BCUT2D eigenvalue weighted by atomic mass is 16.5. The normalized spacial score (nSPS) is 16.3. The van der Waals surface area contributed by atoms with Crippen LogP contribution in [0.2, 0.25) is 0 Å². The first-order chi connectivity index (χ1) is 17.0. The number of nitrogens with one attached hydrogen (secondary N) is 1. The van der Waals surface area contributed by atoms with Crippen LogP contribution in [0.1, 0.15) is 6.42 Å². The van der Waals surface area contributed by atoms with Crippen molar-refractivity contribution in [1.82, 2.24) is 19.4 Å². The van der Waals surface area contributed by atoms with Crippen molar-refractivity contribution in [2.75, 3.05) is 43.1 Å². The van der Waals surface area contributed by atoms with E-state index in [0.29, 0.717) is 50.3 Å². The fourth-order valence-electron chi connectivity index (χ4n) is 4.37. The predicted molar refractivity (Wildman–Crippen MR) is 132 cm³/mol. The van der Waals surface area contributed by atoms with Crippen molar-refractivity contribution < 1.29 is 14.3 Å². The van der Waals surface area contributed by atoms with Crippen LogP contribution < -0.4 is 15.8 Å². The molecule has 180 valence electrons. The Morgan fingerprint density at radius 1 is 1.17 bits per heavy atom. The van der Waals surface area contributed by atoms with Crippen molar-refractivity contribution in [1.29, 1.82) is 0 Å². The molecule has 0 aliphatic carbocycles. The van der Waals surface area contributed by atoms with Crippen molar-refractivity contribution in [3.8, 4) is 0 Å². The van der Waals surface area contributed by atoms with Gasteiger partial charge in [0.25, 0.3) is 11.5 Å². The Labute approximate surface area is 201 Å². The zero-order valence-electron chi connectivity index (χ0n) is 19.2. The van der Waals surface area contributed by atoms with Gasteiger partial charge in [-0.05, 0) is 48.7 Å². The van der Waals surface area contributed by atoms with Crippen LogP contribution in [0.5, 0.6) is 0 Å². The number of aromatic nitrogens is 3. The molecule has 0 bridgehead atoms. The van der Waals surface area contributed by atoms with Crippen molar-refractivity contribution in [2.24, 2.45) is 5.92 Å². The van der Waals surface area contributed by atoms with Gasteiger partial charge in [0.2, 0.25) is 11.9 Å². The van der Waals surface area contributed by atoms with Gasteiger partial charge < -0.3 is 19.9 Å². The Hall–Kier alpha value is -4.05. The second kappa shape index (κ2) is 9.67. The van der Waals surface area contributed by atoms with E-state index in [1.807, 2.05) is 24.3 Å². The summed E-state index contributed by atoms with van der Waals surface area (Å²) >= 11 is 0. The third-order valence-corrected chi connectivity index (χ3v) is 6.35. The summed E-state index contributed by atoms with van der Waals surface area (Å²) in [4.78, 5) is 48.8. The summed E-state index contributed by atoms with van der Waals surface area (Å²) in [5.41, 5.74) is 2.01. The molecule has 4 heterocycles. The molecule has 2 saturated heterocycles. The SMILES string of the molecule is C=CC(=O)N1CC(CCn2c(=O)ccc3cnc(Nc4ccc(N5CCOCC5=O)cc4)nc32)C1. The number of anilines is 3. The summed E-state index contributed by atoms with van der Waals surface area (Å²) in [6.45, 7) is 6.53. The van der Waals surface area contributed by atoms with Gasteiger partial charge >= 0.3 is 0 Å². The fourth-order valence-corrected chi connectivity index (χ4v) is 4.37. The maximum absolute atomic E-state index is 12.6. The summed E-state index contributed by atoms with van der Waals surface area (Å²) < 4.78 is 6.84. The number of aryl methyl sites for hydroxylation is 1. The maximum atomic E-state index is 12.6. The van der Waals surface area contributed by atoms with Gasteiger partial charge in [-0.1, -0.05) is 6.58 Å². The lowest BCUT2D eigenvalue weighted by Crippen LogP contribution is -2.49. The van der Waals surface area contributed by atoms with Crippen LogP contribution in [-0.4, -0.2) is 64.1 Å². The monoisotopic (exact) mass is 474 g/mol. The van der Waals surface area contributed by atoms with Gasteiger partial charge in [0, 0.05) is 55.2 Å². The number of hydrogen-bond donors (Lipinski definition) is 1. The Balaban J connectivity index is 1.30. The van der Waals surface area contributed by atoms with Gasteiger partial charge in [-0.25, -0.2) is 4.98 Å². The van der Waals surface area contributed by atoms with E-state index in [1.165, 1.54) is 12.1 Å². The zero-order valence-corrected chi connectivity index (χ0v) is 19.2. The number of amides is 2. The number of ether oxygens (including phenoxy) is 1. The van der Waals surface area contributed by atoms with E-state index in [0.717, 1.165) is 23.2 Å². The van der Waals surface area contributed by atoms with Gasteiger partial charge in [0.05, 0.1) is 6.61 Å². The molecular formula is C25H26N6O4. The van der Waals surface area contributed by atoms with E-state index in [9.17, 15) is 14.4 Å². The molecule has 10 heteroatoms. The second-order valence-corrected chi connectivity index (χ2v) is 8.67. The van der Waals surface area contributed by atoms with Crippen LogP contribution in [0.25, 0.3) is 11.0 Å². The molecule has 1 aromatic carbocycles. The number of rotatable bonds is 7. The molecule has 2 aliphatic heterocycles. The maximum Gasteiger partial charge on any atom is 0.253 e. The summed E-state index contributed by atoms with van der Waals surface area (Å²) in [7, 11) is 0.